The first kappa shape index (κ1) is 14.9. The number of nitrogens with zero attached hydrogens (tertiary/aromatic N) is 2. The summed E-state index contributed by atoms with van der Waals surface area (Å²) in [6.07, 6.45) is 2.90. The van der Waals surface area contributed by atoms with Gasteiger partial charge in [0.25, 0.3) is 0 Å². The van der Waals surface area contributed by atoms with Crippen molar-refractivity contribution in [2.75, 3.05) is 6.61 Å². The third kappa shape index (κ3) is 4.00. The number of aryl methyl sites for hydroxylation is 1. The highest BCUT2D eigenvalue weighted by Gasteiger charge is 2.07. The molecule has 0 fully saturated rings. The Morgan fingerprint density at radius 2 is 2.10 bits per heavy atom. The van der Waals surface area contributed by atoms with Gasteiger partial charge in [0.15, 0.2) is 0 Å². The molecule has 20 heavy (non-hydrogen) atoms. The SMILES string of the molecule is CCCOc1ccc(CBr)c(OCc2ccn(C)n2)c1. The number of ether oxygens (including phenoxy) is 2. The number of rotatable bonds is 7. The molecule has 0 unspecified atom stereocenters. The summed E-state index contributed by atoms with van der Waals surface area (Å²) >= 11 is 3.48. The molecule has 2 aromatic rings. The molecule has 0 N–H and O–H groups in total. The van der Waals surface area contributed by atoms with E-state index in [1.165, 1.54) is 0 Å². The van der Waals surface area contributed by atoms with E-state index < -0.39 is 0 Å². The van der Waals surface area contributed by atoms with E-state index >= 15 is 0 Å². The Bertz CT molecular complexity index is 555. The fourth-order valence-electron chi connectivity index (χ4n) is 1.78. The molecule has 4 nitrogen and oxygen atoms in total. The topological polar surface area (TPSA) is 36.3 Å². The minimum Gasteiger partial charge on any atom is -0.493 e. The molecule has 0 aliphatic rings. The number of hydrogen-bond donors (Lipinski definition) is 0. The molecule has 0 saturated heterocycles. The van der Waals surface area contributed by atoms with Crippen molar-refractivity contribution < 1.29 is 9.47 Å². The van der Waals surface area contributed by atoms with E-state index in [0.29, 0.717) is 13.2 Å². The summed E-state index contributed by atoms with van der Waals surface area (Å²) in [6, 6.07) is 7.88. The lowest BCUT2D eigenvalue weighted by molar-refractivity contribution is 0.289. The zero-order valence-corrected chi connectivity index (χ0v) is 13.4. The standard InChI is InChI=1S/C15H19BrN2O2/c1-3-8-19-14-5-4-12(10-16)15(9-14)20-11-13-6-7-18(2)17-13/h4-7,9H,3,8,10-11H2,1-2H3. The van der Waals surface area contributed by atoms with Crippen molar-refractivity contribution in [1.29, 1.82) is 0 Å². The van der Waals surface area contributed by atoms with Gasteiger partial charge in [0.2, 0.25) is 0 Å². The van der Waals surface area contributed by atoms with Crippen molar-refractivity contribution in [2.24, 2.45) is 7.05 Å². The van der Waals surface area contributed by atoms with Crippen LogP contribution < -0.4 is 9.47 Å². The molecular weight excluding hydrogens is 320 g/mol. The highest BCUT2D eigenvalue weighted by Crippen LogP contribution is 2.27. The number of halogens is 1. The van der Waals surface area contributed by atoms with E-state index in [0.717, 1.165) is 34.5 Å². The van der Waals surface area contributed by atoms with Crippen LogP contribution in [-0.4, -0.2) is 16.4 Å². The summed E-state index contributed by atoms with van der Waals surface area (Å²) in [5.41, 5.74) is 2.01. The average molecular weight is 339 g/mol. The summed E-state index contributed by atoms with van der Waals surface area (Å²) in [4.78, 5) is 0. The van der Waals surface area contributed by atoms with Gasteiger partial charge in [-0.15, -0.1) is 0 Å². The maximum Gasteiger partial charge on any atom is 0.132 e. The number of hydrogen-bond acceptors (Lipinski definition) is 3. The van der Waals surface area contributed by atoms with Crippen LogP contribution in [0.15, 0.2) is 30.5 Å². The molecule has 0 saturated carbocycles. The van der Waals surface area contributed by atoms with Gasteiger partial charge < -0.3 is 9.47 Å². The Morgan fingerprint density at radius 1 is 1.25 bits per heavy atom. The van der Waals surface area contributed by atoms with Crippen molar-refractivity contribution in [1.82, 2.24) is 9.78 Å². The molecule has 1 aromatic heterocycles. The normalized spacial score (nSPS) is 10.6. The van der Waals surface area contributed by atoms with E-state index in [1.54, 1.807) is 4.68 Å². The fourth-order valence-corrected chi connectivity index (χ4v) is 2.24. The van der Waals surface area contributed by atoms with Crippen LogP contribution in [0, 0.1) is 0 Å². The van der Waals surface area contributed by atoms with E-state index in [9.17, 15) is 0 Å². The van der Waals surface area contributed by atoms with E-state index in [4.69, 9.17) is 9.47 Å². The van der Waals surface area contributed by atoms with Crippen LogP contribution >= 0.6 is 15.9 Å². The first-order chi connectivity index (χ1) is 9.72. The molecule has 0 bridgehead atoms. The monoisotopic (exact) mass is 338 g/mol. The summed E-state index contributed by atoms with van der Waals surface area (Å²) in [6.45, 7) is 3.26. The van der Waals surface area contributed by atoms with Gasteiger partial charge in [-0.1, -0.05) is 28.9 Å². The molecule has 0 spiro atoms. The van der Waals surface area contributed by atoms with Crippen molar-refractivity contribution in [3.8, 4) is 11.5 Å². The lowest BCUT2D eigenvalue weighted by Crippen LogP contribution is -2.01. The second kappa shape index (κ2) is 7.33. The van der Waals surface area contributed by atoms with Gasteiger partial charge >= 0.3 is 0 Å². The van der Waals surface area contributed by atoms with Gasteiger partial charge in [-0.3, -0.25) is 4.68 Å². The molecule has 0 atom stereocenters. The Kier molecular flexibility index (Phi) is 5.47. The average Bonchev–Trinajstić information content (AvgIpc) is 2.88. The highest BCUT2D eigenvalue weighted by molar-refractivity contribution is 9.08. The minimum atomic E-state index is 0.456. The minimum absolute atomic E-state index is 0.456. The summed E-state index contributed by atoms with van der Waals surface area (Å²) in [5, 5.41) is 5.05. The number of alkyl halides is 1. The summed E-state index contributed by atoms with van der Waals surface area (Å²) in [5.74, 6) is 1.67. The molecule has 0 radical (unpaired) electrons. The predicted octanol–water partition coefficient (Wildman–Crippen LogP) is 3.68. The third-order valence-electron chi connectivity index (χ3n) is 2.80. The third-order valence-corrected chi connectivity index (χ3v) is 3.40. The molecule has 2 rings (SSSR count). The molecule has 1 heterocycles. The van der Waals surface area contributed by atoms with Crippen LogP contribution in [0.1, 0.15) is 24.6 Å². The fraction of sp³-hybridized carbons (Fsp3) is 0.400. The van der Waals surface area contributed by atoms with Crippen LogP contribution in [-0.2, 0) is 19.0 Å². The van der Waals surface area contributed by atoms with Gasteiger partial charge in [-0.05, 0) is 18.6 Å². The number of aromatic nitrogens is 2. The lowest BCUT2D eigenvalue weighted by Gasteiger charge is -2.12. The van der Waals surface area contributed by atoms with Gasteiger partial charge in [-0.2, -0.15) is 5.10 Å². The summed E-state index contributed by atoms with van der Waals surface area (Å²) in [7, 11) is 1.90. The molecule has 0 amide bonds. The van der Waals surface area contributed by atoms with Crippen molar-refractivity contribution in [3.05, 3.63) is 41.7 Å². The van der Waals surface area contributed by atoms with Crippen molar-refractivity contribution in [2.45, 2.75) is 25.3 Å². The van der Waals surface area contributed by atoms with Crippen LogP contribution in [0.5, 0.6) is 11.5 Å². The molecule has 0 aliphatic carbocycles. The van der Waals surface area contributed by atoms with E-state index in [1.807, 2.05) is 37.5 Å². The molecule has 5 heteroatoms. The van der Waals surface area contributed by atoms with Crippen molar-refractivity contribution >= 4 is 15.9 Å². The first-order valence-corrected chi connectivity index (χ1v) is 7.78. The van der Waals surface area contributed by atoms with Gasteiger partial charge in [0.05, 0.1) is 12.3 Å². The molecular formula is C15H19BrN2O2. The zero-order valence-electron chi connectivity index (χ0n) is 11.8. The smallest absolute Gasteiger partial charge is 0.132 e. The second-order valence-electron chi connectivity index (χ2n) is 4.52. The molecule has 108 valence electrons. The lowest BCUT2D eigenvalue weighted by atomic mass is 10.2. The maximum absolute atomic E-state index is 5.86. The second-order valence-corrected chi connectivity index (χ2v) is 5.08. The zero-order chi connectivity index (χ0) is 14.4. The predicted molar refractivity (Wildman–Crippen MR) is 82.4 cm³/mol. The van der Waals surface area contributed by atoms with Gasteiger partial charge in [-0.25, -0.2) is 0 Å². The molecule has 1 aromatic carbocycles. The Morgan fingerprint density at radius 3 is 2.75 bits per heavy atom. The maximum atomic E-state index is 5.86. The quantitative estimate of drug-likeness (QED) is 0.722. The van der Waals surface area contributed by atoms with Crippen LogP contribution in [0.2, 0.25) is 0 Å². The highest BCUT2D eigenvalue weighted by atomic mass is 79.9. The summed E-state index contributed by atoms with van der Waals surface area (Å²) < 4.78 is 13.3. The van der Waals surface area contributed by atoms with Crippen LogP contribution in [0.4, 0.5) is 0 Å². The van der Waals surface area contributed by atoms with Gasteiger partial charge in [0, 0.05) is 30.2 Å². The Labute approximate surface area is 127 Å². The Hall–Kier alpha value is -1.49. The Balaban J connectivity index is 2.07. The van der Waals surface area contributed by atoms with Gasteiger partial charge in [0.1, 0.15) is 18.1 Å². The molecule has 0 aliphatic heterocycles. The van der Waals surface area contributed by atoms with E-state index in [2.05, 4.69) is 28.0 Å². The van der Waals surface area contributed by atoms with Crippen molar-refractivity contribution in [3.63, 3.8) is 0 Å². The van der Waals surface area contributed by atoms with E-state index in [-0.39, 0.29) is 0 Å². The first-order valence-electron chi connectivity index (χ1n) is 6.66. The number of benzene rings is 1. The van der Waals surface area contributed by atoms with Crippen LogP contribution in [0.3, 0.4) is 0 Å². The largest absolute Gasteiger partial charge is 0.493 e. The van der Waals surface area contributed by atoms with Crippen LogP contribution in [0.25, 0.3) is 0 Å².